The van der Waals surface area contributed by atoms with Gasteiger partial charge in [-0.1, -0.05) is 11.6 Å². The number of anilines is 1. The maximum Gasteiger partial charge on any atom is 0.277 e. The molecule has 3 rings (SSSR count). The van der Waals surface area contributed by atoms with Gasteiger partial charge in [-0.15, -0.1) is 11.3 Å². The molecule has 0 unspecified atom stereocenters. The van der Waals surface area contributed by atoms with Crippen LogP contribution in [0.5, 0.6) is 0 Å². The number of aliphatic hydroxyl groups excluding tert-OH is 1. The van der Waals surface area contributed by atoms with Gasteiger partial charge in [0.05, 0.1) is 39.1 Å². The number of aromatic nitrogens is 1. The fourth-order valence-corrected chi connectivity index (χ4v) is 3.40. The lowest BCUT2D eigenvalue weighted by atomic mass is 10.2. The molecule has 0 radical (unpaired) electrons. The molecule has 0 aliphatic carbocycles. The number of rotatable bonds is 4. The minimum absolute atomic E-state index is 0.0276. The molecule has 2 amide bonds. The van der Waals surface area contributed by atoms with Gasteiger partial charge in [-0.3, -0.25) is 14.5 Å². The van der Waals surface area contributed by atoms with Crippen LogP contribution in [0.15, 0.2) is 23.9 Å². The molecule has 0 spiro atoms. The lowest BCUT2D eigenvalue weighted by Gasteiger charge is -2.14. The van der Waals surface area contributed by atoms with Crippen LogP contribution in [-0.4, -0.2) is 40.0 Å². The topological polar surface area (TPSA) is 82.5 Å². The maximum atomic E-state index is 12.1. The van der Waals surface area contributed by atoms with Gasteiger partial charge in [0.15, 0.2) is 0 Å². The Morgan fingerprint density at radius 2 is 2.18 bits per heavy atom. The molecule has 6 nitrogen and oxygen atoms in total. The molecule has 0 bridgehead atoms. The first-order valence-electron chi connectivity index (χ1n) is 6.52. The number of nitrogens with zero attached hydrogens (tertiary/aromatic N) is 2. The first-order chi connectivity index (χ1) is 10.5. The largest absolute Gasteiger partial charge is 0.395 e. The van der Waals surface area contributed by atoms with E-state index >= 15 is 0 Å². The van der Waals surface area contributed by atoms with E-state index in [4.69, 9.17) is 16.7 Å². The van der Waals surface area contributed by atoms with Gasteiger partial charge in [0, 0.05) is 6.08 Å². The predicted molar refractivity (Wildman–Crippen MR) is 84.9 cm³/mol. The minimum Gasteiger partial charge on any atom is -0.395 e. The van der Waals surface area contributed by atoms with E-state index in [1.807, 2.05) is 6.92 Å². The van der Waals surface area contributed by atoms with Crippen LogP contribution >= 0.6 is 22.9 Å². The molecule has 1 aliphatic heterocycles. The Kier molecular flexibility index (Phi) is 3.86. The van der Waals surface area contributed by atoms with E-state index in [1.165, 1.54) is 17.4 Å². The molecular formula is C14H12ClN3O3S. The maximum absolute atomic E-state index is 12.1. The number of carbonyl (C=O) groups excluding carboxylic acids is 2. The van der Waals surface area contributed by atoms with Crippen LogP contribution in [0, 0.1) is 6.92 Å². The molecule has 1 aliphatic rings. The Morgan fingerprint density at radius 1 is 1.41 bits per heavy atom. The second-order valence-electron chi connectivity index (χ2n) is 4.71. The number of carbonyl (C=O) groups is 2. The van der Waals surface area contributed by atoms with Gasteiger partial charge in [-0.05, 0) is 19.1 Å². The number of nitrogens with one attached hydrogen (secondary N) is 1. The molecule has 0 atom stereocenters. The number of thiazole rings is 1. The third kappa shape index (κ3) is 2.47. The fourth-order valence-electron chi connectivity index (χ4n) is 2.22. The zero-order chi connectivity index (χ0) is 15.9. The molecule has 0 fully saturated rings. The normalized spacial score (nSPS) is 14.9. The molecule has 0 saturated carbocycles. The summed E-state index contributed by atoms with van der Waals surface area (Å²) in [5, 5.41) is 13.1. The summed E-state index contributed by atoms with van der Waals surface area (Å²) < 4.78 is 0.828. The summed E-state index contributed by atoms with van der Waals surface area (Å²) in [6, 6.07) is 3.53. The van der Waals surface area contributed by atoms with E-state index in [-0.39, 0.29) is 18.8 Å². The van der Waals surface area contributed by atoms with Crippen LogP contribution in [0.25, 0.3) is 10.2 Å². The number of aliphatic hydroxyl groups is 1. The summed E-state index contributed by atoms with van der Waals surface area (Å²) >= 11 is 7.81. The first kappa shape index (κ1) is 15.0. The zero-order valence-electron chi connectivity index (χ0n) is 11.6. The summed E-state index contributed by atoms with van der Waals surface area (Å²) in [5.41, 5.74) is 1.47. The lowest BCUT2D eigenvalue weighted by Crippen LogP contribution is -2.34. The molecule has 2 N–H and O–H groups in total. The van der Waals surface area contributed by atoms with E-state index in [2.05, 4.69) is 10.3 Å². The second kappa shape index (κ2) is 5.68. The van der Waals surface area contributed by atoms with Crippen LogP contribution in [0.2, 0.25) is 5.02 Å². The molecule has 1 aromatic heterocycles. The zero-order valence-corrected chi connectivity index (χ0v) is 13.2. The molecule has 2 aromatic rings. The Bertz CT molecular complexity index is 815. The highest BCUT2D eigenvalue weighted by Crippen LogP contribution is 2.35. The van der Waals surface area contributed by atoms with Gasteiger partial charge in [0.25, 0.3) is 11.8 Å². The summed E-state index contributed by atoms with van der Waals surface area (Å²) in [6.07, 6.45) is 1.20. The standard InChI is InChI=1S/C14H12ClN3O3S/c1-7-16-9-3-2-8(12(15)13(9)22-7)17-10-6-11(20)18(4-5-19)14(10)21/h2-3,6,17,19H,4-5H2,1H3. The Balaban J connectivity index is 1.91. The van der Waals surface area contributed by atoms with Crippen molar-refractivity contribution >= 4 is 50.7 Å². The summed E-state index contributed by atoms with van der Waals surface area (Å²) in [7, 11) is 0. The number of halogens is 1. The fraction of sp³-hybridized carbons (Fsp3) is 0.214. The van der Waals surface area contributed by atoms with E-state index in [1.54, 1.807) is 12.1 Å². The monoisotopic (exact) mass is 337 g/mol. The quantitative estimate of drug-likeness (QED) is 0.833. The number of fused-ring (bicyclic) bond motifs is 1. The van der Waals surface area contributed by atoms with Crippen molar-refractivity contribution in [2.75, 3.05) is 18.5 Å². The third-order valence-electron chi connectivity index (χ3n) is 3.21. The second-order valence-corrected chi connectivity index (χ2v) is 6.29. The van der Waals surface area contributed by atoms with E-state index in [0.717, 1.165) is 20.1 Å². The average molecular weight is 338 g/mol. The third-order valence-corrected chi connectivity index (χ3v) is 4.72. The molecule has 114 valence electrons. The van der Waals surface area contributed by atoms with Crippen molar-refractivity contribution in [2.45, 2.75) is 6.92 Å². The number of β-amino-alcohol motifs (C(OH)–C–C–N with tert-alkyl or cyclic N) is 1. The number of aryl methyl sites for hydroxylation is 1. The van der Waals surface area contributed by atoms with E-state index in [9.17, 15) is 9.59 Å². The van der Waals surface area contributed by atoms with Crippen LogP contribution in [0.4, 0.5) is 5.69 Å². The van der Waals surface area contributed by atoms with Gasteiger partial charge >= 0.3 is 0 Å². The summed E-state index contributed by atoms with van der Waals surface area (Å²) in [4.78, 5) is 29.1. The lowest BCUT2D eigenvalue weighted by molar-refractivity contribution is -0.137. The van der Waals surface area contributed by atoms with Gasteiger partial charge in [-0.25, -0.2) is 4.98 Å². The van der Waals surface area contributed by atoms with Crippen LogP contribution in [0.3, 0.4) is 0 Å². The highest BCUT2D eigenvalue weighted by Gasteiger charge is 2.31. The van der Waals surface area contributed by atoms with Crippen molar-refractivity contribution in [1.82, 2.24) is 9.88 Å². The number of imide groups is 1. The predicted octanol–water partition coefficient (Wildman–Crippen LogP) is 1.92. The van der Waals surface area contributed by atoms with Gasteiger partial charge in [-0.2, -0.15) is 0 Å². The molecule has 0 saturated heterocycles. The Morgan fingerprint density at radius 3 is 2.91 bits per heavy atom. The highest BCUT2D eigenvalue weighted by molar-refractivity contribution is 7.19. The van der Waals surface area contributed by atoms with Crippen LogP contribution < -0.4 is 5.32 Å². The van der Waals surface area contributed by atoms with Crippen molar-refractivity contribution < 1.29 is 14.7 Å². The van der Waals surface area contributed by atoms with Crippen molar-refractivity contribution in [3.8, 4) is 0 Å². The van der Waals surface area contributed by atoms with Crippen LogP contribution in [-0.2, 0) is 9.59 Å². The molecule has 8 heteroatoms. The number of hydrogen-bond acceptors (Lipinski definition) is 6. The van der Waals surface area contributed by atoms with E-state index in [0.29, 0.717) is 10.7 Å². The number of benzene rings is 1. The Hall–Kier alpha value is -1.96. The van der Waals surface area contributed by atoms with Crippen LogP contribution in [0.1, 0.15) is 5.01 Å². The number of amides is 2. The smallest absolute Gasteiger partial charge is 0.277 e. The van der Waals surface area contributed by atoms with E-state index < -0.39 is 11.8 Å². The van der Waals surface area contributed by atoms with Crippen molar-refractivity contribution in [2.24, 2.45) is 0 Å². The van der Waals surface area contributed by atoms with Crippen molar-refractivity contribution in [1.29, 1.82) is 0 Å². The van der Waals surface area contributed by atoms with Gasteiger partial charge in [0.1, 0.15) is 5.70 Å². The Labute approximate surface area is 135 Å². The van der Waals surface area contributed by atoms with Gasteiger partial charge in [0.2, 0.25) is 0 Å². The highest BCUT2D eigenvalue weighted by atomic mass is 35.5. The SMILES string of the molecule is Cc1nc2ccc(NC3=CC(=O)N(CCO)C3=O)c(Cl)c2s1. The summed E-state index contributed by atoms with van der Waals surface area (Å²) in [5.74, 6) is -0.928. The van der Waals surface area contributed by atoms with Crippen molar-refractivity contribution in [3.05, 3.63) is 33.9 Å². The first-order valence-corrected chi connectivity index (χ1v) is 7.71. The number of hydrogen-bond donors (Lipinski definition) is 2. The van der Waals surface area contributed by atoms with Crippen molar-refractivity contribution in [3.63, 3.8) is 0 Å². The molecule has 1 aromatic carbocycles. The summed E-state index contributed by atoms with van der Waals surface area (Å²) in [6.45, 7) is 1.59. The minimum atomic E-state index is -0.476. The molecule has 22 heavy (non-hydrogen) atoms. The average Bonchev–Trinajstić information content (AvgIpc) is 2.98. The molecular weight excluding hydrogens is 326 g/mol. The molecule has 2 heterocycles. The van der Waals surface area contributed by atoms with Gasteiger partial charge < -0.3 is 10.4 Å².